The molecule has 0 saturated heterocycles. The number of nitrogens with one attached hydrogen (secondary N) is 2. The Morgan fingerprint density at radius 3 is 2.42 bits per heavy atom. The van der Waals surface area contributed by atoms with E-state index in [0.717, 1.165) is 0 Å². The molecule has 0 saturated carbocycles. The number of methoxy groups -OCH3 is 1. The van der Waals surface area contributed by atoms with Crippen LogP contribution in [0, 0.1) is 5.92 Å². The minimum absolute atomic E-state index is 0.0490. The van der Waals surface area contributed by atoms with Crippen LogP contribution in [0.2, 0.25) is 0 Å². The lowest BCUT2D eigenvalue weighted by Gasteiger charge is -2.13. The lowest BCUT2D eigenvalue weighted by Crippen LogP contribution is -2.20. The second kappa shape index (κ2) is 8.09. The van der Waals surface area contributed by atoms with E-state index in [1.165, 1.54) is 25.3 Å². The molecule has 8 heteroatoms. The lowest BCUT2D eigenvalue weighted by atomic mass is 10.1. The summed E-state index contributed by atoms with van der Waals surface area (Å²) in [6, 6.07) is 10.1. The molecule has 2 rings (SSSR count). The van der Waals surface area contributed by atoms with Crippen LogP contribution >= 0.6 is 0 Å². The van der Waals surface area contributed by atoms with Crippen molar-refractivity contribution >= 4 is 27.3 Å². The summed E-state index contributed by atoms with van der Waals surface area (Å²) >= 11 is 0. The van der Waals surface area contributed by atoms with E-state index < -0.39 is 10.0 Å². The third-order valence-electron chi connectivity index (χ3n) is 3.94. The van der Waals surface area contributed by atoms with Crippen LogP contribution in [0.25, 0.3) is 0 Å². The van der Waals surface area contributed by atoms with Gasteiger partial charge in [0.1, 0.15) is 11.5 Å². The van der Waals surface area contributed by atoms with E-state index in [1.807, 2.05) is 6.92 Å². The second-order valence-corrected chi connectivity index (χ2v) is 7.49. The summed E-state index contributed by atoms with van der Waals surface area (Å²) in [5.41, 5.74) is 0.414. The van der Waals surface area contributed by atoms with Gasteiger partial charge in [-0.2, -0.15) is 0 Å². The van der Waals surface area contributed by atoms with Crippen molar-refractivity contribution in [3.63, 3.8) is 0 Å². The number of rotatable bonds is 7. The molecule has 0 radical (unpaired) electrons. The molecular formula is C18H22N2O5S. The molecule has 0 aromatic heterocycles. The Hall–Kier alpha value is -2.74. The minimum Gasteiger partial charge on any atom is -0.506 e. The number of carbonyl (C=O) groups is 1. The lowest BCUT2D eigenvalue weighted by molar-refractivity contribution is -0.119. The number of phenols is 1. The fourth-order valence-corrected chi connectivity index (χ4v) is 3.18. The Labute approximate surface area is 153 Å². The van der Waals surface area contributed by atoms with Crippen LogP contribution in [0.4, 0.5) is 11.4 Å². The summed E-state index contributed by atoms with van der Waals surface area (Å²) in [4.78, 5) is 11.9. The van der Waals surface area contributed by atoms with E-state index in [4.69, 9.17) is 4.74 Å². The molecule has 0 aliphatic heterocycles. The van der Waals surface area contributed by atoms with Gasteiger partial charge in [-0.3, -0.25) is 9.52 Å². The molecule has 0 aliphatic carbocycles. The molecule has 0 fully saturated rings. The van der Waals surface area contributed by atoms with Gasteiger partial charge in [-0.15, -0.1) is 0 Å². The van der Waals surface area contributed by atoms with Gasteiger partial charge in [-0.05, 0) is 48.9 Å². The number of phenolic OH excluding ortho intramolecular Hbond substituents is 1. The van der Waals surface area contributed by atoms with E-state index in [9.17, 15) is 18.3 Å². The maximum atomic E-state index is 12.6. The normalized spacial score (nSPS) is 12.3. The van der Waals surface area contributed by atoms with Crippen LogP contribution in [-0.2, 0) is 14.8 Å². The Bertz CT molecular complexity index is 879. The van der Waals surface area contributed by atoms with Gasteiger partial charge in [0.25, 0.3) is 10.0 Å². The third kappa shape index (κ3) is 4.66. The first kappa shape index (κ1) is 19.6. The van der Waals surface area contributed by atoms with Gasteiger partial charge >= 0.3 is 0 Å². The number of anilines is 2. The quantitative estimate of drug-likeness (QED) is 0.642. The van der Waals surface area contributed by atoms with Crippen LogP contribution in [0.3, 0.4) is 0 Å². The zero-order valence-corrected chi connectivity index (χ0v) is 15.6. The van der Waals surface area contributed by atoms with E-state index in [-0.39, 0.29) is 28.2 Å². The molecule has 3 N–H and O–H groups in total. The van der Waals surface area contributed by atoms with Crippen molar-refractivity contribution in [3.05, 3.63) is 42.5 Å². The Balaban J connectivity index is 2.25. The molecule has 0 bridgehead atoms. The molecule has 7 nitrogen and oxygen atoms in total. The molecule has 0 heterocycles. The van der Waals surface area contributed by atoms with Crippen molar-refractivity contribution in [2.75, 3.05) is 17.1 Å². The van der Waals surface area contributed by atoms with Crippen LogP contribution in [0.1, 0.15) is 20.3 Å². The number of ether oxygens (including phenoxy) is 1. The molecule has 1 atom stereocenters. The molecule has 0 aliphatic rings. The standard InChI is InChI=1S/C18H22N2O5S/c1-4-12(2)18(22)19-16-11-15(9-10-17(16)21)26(23,24)20-13-5-7-14(25-3)8-6-13/h5-12,20-21H,4H2,1-3H3,(H,19,22)/t12-/m0/s1. The minimum atomic E-state index is -3.89. The van der Waals surface area contributed by atoms with Gasteiger partial charge in [-0.25, -0.2) is 8.42 Å². The summed E-state index contributed by atoms with van der Waals surface area (Å²) in [5, 5.41) is 12.5. The highest BCUT2D eigenvalue weighted by Crippen LogP contribution is 2.28. The Kier molecular flexibility index (Phi) is 6.10. The van der Waals surface area contributed by atoms with Gasteiger partial charge in [0.2, 0.25) is 5.91 Å². The number of aromatic hydroxyl groups is 1. The first-order valence-electron chi connectivity index (χ1n) is 8.07. The maximum Gasteiger partial charge on any atom is 0.261 e. The average molecular weight is 378 g/mol. The number of carbonyl (C=O) groups excluding carboxylic acids is 1. The zero-order chi connectivity index (χ0) is 19.3. The highest BCUT2D eigenvalue weighted by Gasteiger charge is 2.18. The number of amides is 1. The number of hydrogen-bond donors (Lipinski definition) is 3. The van der Waals surface area contributed by atoms with Gasteiger partial charge in [0, 0.05) is 11.6 Å². The SMILES string of the molecule is CC[C@H](C)C(=O)Nc1cc(S(=O)(=O)Nc2ccc(OC)cc2)ccc1O. The van der Waals surface area contributed by atoms with Gasteiger partial charge in [0.05, 0.1) is 17.7 Å². The van der Waals surface area contributed by atoms with Crippen LogP contribution in [0.15, 0.2) is 47.4 Å². The number of sulfonamides is 1. The van der Waals surface area contributed by atoms with Crippen molar-refractivity contribution in [2.45, 2.75) is 25.2 Å². The summed E-state index contributed by atoms with van der Waals surface area (Å²) < 4.78 is 32.6. The topological polar surface area (TPSA) is 105 Å². The molecule has 2 aromatic rings. The third-order valence-corrected chi connectivity index (χ3v) is 5.32. The number of benzene rings is 2. The largest absolute Gasteiger partial charge is 0.506 e. The fourth-order valence-electron chi connectivity index (χ4n) is 2.10. The molecule has 0 unspecified atom stereocenters. The van der Waals surface area contributed by atoms with E-state index >= 15 is 0 Å². The molecule has 0 spiro atoms. The number of hydrogen-bond acceptors (Lipinski definition) is 5. The predicted octanol–water partition coefficient (Wildman–Crippen LogP) is 3.19. The van der Waals surface area contributed by atoms with Gasteiger partial charge in [-0.1, -0.05) is 13.8 Å². The monoisotopic (exact) mass is 378 g/mol. The molecule has 2 aromatic carbocycles. The maximum absolute atomic E-state index is 12.6. The van der Waals surface area contributed by atoms with Crippen LogP contribution in [-0.4, -0.2) is 26.5 Å². The summed E-state index contributed by atoms with van der Waals surface area (Å²) in [7, 11) is -2.37. The van der Waals surface area contributed by atoms with Gasteiger partial charge in [0.15, 0.2) is 0 Å². The Morgan fingerprint density at radius 2 is 1.85 bits per heavy atom. The van der Waals surface area contributed by atoms with Crippen LogP contribution < -0.4 is 14.8 Å². The molecule has 26 heavy (non-hydrogen) atoms. The molecular weight excluding hydrogens is 356 g/mol. The highest BCUT2D eigenvalue weighted by molar-refractivity contribution is 7.92. The van der Waals surface area contributed by atoms with Crippen molar-refractivity contribution < 1.29 is 23.1 Å². The van der Waals surface area contributed by atoms with Crippen molar-refractivity contribution in [1.29, 1.82) is 0 Å². The van der Waals surface area contributed by atoms with Crippen LogP contribution in [0.5, 0.6) is 11.5 Å². The molecule has 140 valence electrons. The predicted molar refractivity (Wildman–Crippen MR) is 100.0 cm³/mol. The summed E-state index contributed by atoms with van der Waals surface area (Å²) in [6.07, 6.45) is 0.629. The molecule has 1 amide bonds. The van der Waals surface area contributed by atoms with Crippen molar-refractivity contribution in [3.8, 4) is 11.5 Å². The first-order valence-corrected chi connectivity index (χ1v) is 9.56. The van der Waals surface area contributed by atoms with E-state index in [0.29, 0.717) is 17.9 Å². The van der Waals surface area contributed by atoms with E-state index in [2.05, 4.69) is 10.0 Å². The summed E-state index contributed by atoms with van der Waals surface area (Å²) in [6.45, 7) is 3.61. The second-order valence-electron chi connectivity index (χ2n) is 5.81. The first-order chi connectivity index (χ1) is 12.3. The van der Waals surface area contributed by atoms with Crippen molar-refractivity contribution in [1.82, 2.24) is 0 Å². The zero-order valence-electron chi connectivity index (χ0n) is 14.8. The highest BCUT2D eigenvalue weighted by atomic mass is 32.2. The Morgan fingerprint density at radius 1 is 1.19 bits per heavy atom. The average Bonchev–Trinajstić information content (AvgIpc) is 2.62. The summed E-state index contributed by atoms with van der Waals surface area (Å²) in [5.74, 6) is -0.148. The van der Waals surface area contributed by atoms with Crippen molar-refractivity contribution in [2.24, 2.45) is 5.92 Å². The smallest absolute Gasteiger partial charge is 0.261 e. The fraction of sp³-hybridized carbons (Fsp3) is 0.278. The van der Waals surface area contributed by atoms with E-state index in [1.54, 1.807) is 31.2 Å². The van der Waals surface area contributed by atoms with Gasteiger partial charge < -0.3 is 15.2 Å².